The zero-order valence-corrected chi connectivity index (χ0v) is 28.6. The Morgan fingerprint density at radius 2 is 1.65 bits per heavy atom. The Labute approximate surface area is 279 Å². The SMILES string of the molecule is COc1ccc(S(=O)(=O)N2Cc3ccccc3CC2COCC(=O)NCCC2CCC(C(c3ccc(Cl)cc3)N(C)C)CC2)cc1. The quantitative estimate of drug-likeness (QED) is 0.237. The van der Waals surface area contributed by atoms with E-state index in [1.165, 1.54) is 9.87 Å². The Hall–Kier alpha value is -2.95. The molecule has 1 saturated carbocycles. The number of sulfonamides is 1. The number of carbonyl (C=O) groups excluding carboxylic acids is 1. The van der Waals surface area contributed by atoms with Gasteiger partial charge < -0.3 is 19.7 Å². The van der Waals surface area contributed by atoms with Crippen LogP contribution in [0.15, 0.2) is 77.7 Å². The molecule has 1 N–H and O–H groups in total. The molecule has 3 aromatic rings. The molecule has 2 unspecified atom stereocenters. The van der Waals surface area contributed by atoms with E-state index in [0.29, 0.717) is 36.6 Å². The van der Waals surface area contributed by atoms with E-state index in [4.69, 9.17) is 21.1 Å². The van der Waals surface area contributed by atoms with E-state index < -0.39 is 16.1 Å². The number of nitrogens with one attached hydrogen (secondary N) is 1. The van der Waals surface area contributed by atoms with Crippen LogP contribution in [-0.4, -0.2) is 70.5 Å². The van der Waals surface area contributed by atoms with Gasteiger partial charge in [0.1, 0.15) is 12.4 Å². The number of ether oxygens (including phenoxy) is 2. The predicted octanol–water partition coefficient (Wildman–Crippen LogP) is 6.10. The van der Waals surface area contributed by atoms with Crippen LogP contribution in [0.5, 0.6) is 5.75 Å². The first-order valence-corrected chi connectivity index (χ1v) is 18.0. The molecule has 5 rings (SSSR count). The highest BCUT2D eigenvalue weighted by Gasteiger charge is 2.36. The zero-order chi connectivity index (χ0) is 32.7. The number of methoxy groups -OCH3 is 1. The smallest absolute Gasteiger partial charge is 0.245 e. The molecule has 1 heterocycles. The number of fused-ring (bicyclic) bond motifs is 1. The van der Waals surface area contributed by atoms with E-state index in [1.807, 2.05) is 36.4 Å². The van der Waals surface area contributed by atoms with Gasteiger partial charge in [0, 0.05) is 24.2 Å². The van der Waals surface area contributed by atoms with Gasteiger partial charge in [0.25, 0.3) is 0 Å². The van der Waals surface area contributed by atoms with E-state index in [-0.39, 0.29) is 30.6 Å². The van der Waals surface area contributed by atoms with Gasteiger partial charge >= 0.3 is 0 Å². The Balaban J connectivity index is 1.09. The first-order chi connectivity index (χ1) is 22.2. The van der Waals surface area contributed by atoms with Crippen molar-refractivity contribution in [3.63, 3.8) is 0 Å². The van der Waals surface area contributed by atoms with Crippen molar-refractivity contribution >= 4 is 27.5 Å². The third-order valence-corrected chi connectivity index (χ3v) is 11.7. The van der Waals surface area contributed by atoms with Crippen LogP contribution in [0, 0.1) is 11.8 Å². The molecule has 0 spiro atoms. The van der Waals surface area contributed by atoms with Crippen molar-refractivity contribution in [2.24, 2.45) is 11.8 Å². The van der Waals surface area contributed by atoms with Gasteiger partial charge in [-0.3, -0.25) is 4.79 Å². The second-order valence-corrected chi connectivity index (χ2v) is 15.1. The summed E-state index contributed by atoms with van der Waals surface area (Å²) in [6, 6.07) is 22.5. The standard InChI is InChI=1S/C36H46ClN3O5S/c1-39(2)36(28-12-14-31(37)15-13-28)27-10-8-26(9-11-27)20-21-38-35(41)25-45-24-32-22-29-6-4-5-7-30(29)23-40(32)46(42,43)34-18-16-33(44-3)17-19-34/h4-7,12-19,26-27,32,36H,8-11,20-25H2,1-3H3,(H,38,41). The summed E-state index contributed by atoms with van der Waals surface area (Å²) in [6.07, 6.45) is 6.08. The third-order valence-electron chi connectivity index (χ3n) is 9.50. The molecule has 8 nitrogen and oxygen atoms in total. The fourth-order valence-corrected chi connectivity index (χ4v) is 8.78. The summed E-state index contributed by atoms with van der Waals surface area (Å²) in [7, 11) is 2.04. The lowest BCUT2D eigenvalue weighted by atomic mass is 9.75. The number of halogens is 1. The van der Waals surface area contributed by atoms with Gasteiger partial charge in [0.2, 0.25) is 15.9 Å². The average Bonchev–Trinajstić information content (AvgIpc) is 3.06. The summed E-state index contributed by atoms with van der Waals surface area (Å²) >= 11 is 6.12. The van der Waals surface area contributed by atoms with Gasteiger partial charge in [-0.1, -0.05) is 60.8 Å². The lowest BCUT2D eigenvalue weighted by molar-refractivity contribution is -0.126. The number of hydrogen-bond acceptors (Lipinski definition) is 6. The average molecular weight is 668 g/mol. The van der Waals surface area contributed by atoms with Crippen molar-refractivity contribution in [3.05, 3.63) is 94.5 Å². The minimum atomic E-state index is -3.80. The predicted molar refractivity (Wildman–Crippen MR) is 181 cm³/mol. The molecule has 2 aliphatic rings. The topological polar surface area (TPSA) is 88.2 Å². The van der Waals surface area contributed by atoms with Crippen molar-refractivity contribution < 1.29 is 22.7 Å². The number of carbonyl (C=O) groups is 1. The summed E-state index contributed by atoms with van der Waals surface area (Å²) < 4.78 is 40.0. The minimum absolute atomic E-state index is 0.104. The van der Waals surface area contributed by atoms with Gasteiger partial charge in [0.15, 0.2) is 0 Å². The maximum Gasteiger partial charge on any atom is 0.245 e. The van der Waals surface area contributed by atoms with Crippen LogP contribution in [0.25, 0.3) is 0 Å². The molecule has 10 heteroatoms. The van der Waals surface area contributed by atoms with E-state index in [9.17, 15) is 13.2 Å². The normalized spacial score (nSPS) is 21.0. The van der Waals surface area contributed by atoms with Crippen molar-refractivity contribution in [1.29, 1.82) is 0 Å². The van der Waals surface area contributed by atoms with Gasteiger partial charge in [0.05, 0.1) is 24.7 Å². The Bertz CT molecular complexity index is 1540. The number of rotatable bonds is 13. The van der Waals surface area contributed by atoms with Crippen LogP contribution in [0.4, 0.5) is 0 Å². The van der Waals surface area contributed by atoms with E-state index in [0.717, 1.165) is 48.3 Å². The molecule has 1 fully saturated rings. The summed E-state index contributed by atoms with van der Waals surface area (Å²) in [5.74, 6) is 1.60. The molecule has 0 saturated heterocycles. The maximum absolute atomic E-state index is 13.7. The van der Waals surface area contributed by atoms with E-state index in [2.05, 4.69) is 36.4 Å². The monoisotopic (exact) mass is 667 g/mol. The summed E-state index contributed by atoms with van der Waals surface area (Å²) in [5, 5.41) is 3.78. The van der Waals surface area contributed by atoms with Crippen LogP contribution >= 0.6 is 11.6 Å². The highest BCUT2D eigenvalue weighted by atomic mass is 35.5. The van der Waals surface area contributed by atoms with Crippen molar-refractivity contribution in [3.8, 4) is 5.75 Å². The molecular formula is C36H46ClN3O5S. The molecule has 2 atom stereocenters. The lowest BCUT2D eigenvalue weighted by Crippen LogP contribution is -2.47. The molecule has 1 amide bonds. The van der Waals surface area contributed by atoms with Crippen LogP contribution in [-0.2, 0) is 32.5 Å². The Kier molecular flexibility index (Phi) is 11.8. The van der Waals surface area contributed by atoms with Crippen LogP contribution in [0.2, 0.25) is 5.02 Å². The Morgan fingerprint density at radius 1 is 0.978 bits per heavy atom. The zero-order valence-electron chi connectivity index (χ0n) is 27.0. The molecule has 0 aromatic heterocycles. The number of amides is 1. The largest absolute Gasteiger partial charge is 0.497 e. The summed E-state index contributed by atoms with van der Waals surface area (Å²) in [6.45, 7) is 0.886. The molecule has 3 aromatic carbocycles. The molecule has 1 aliphatic carbocycles. The highest BCUT2D eigenvalue weighted by molar-refractivity contribution is 7.89. The second-order valence-electron chi connectivity index (χ2n) is 12.7. The third kappa shape index (κ3) is 8.49. The number of nitrogens with zero attached hydrogens (tertiary/aromatic N) is 2. The van der Waals surface area contributed by atoms with Crippen molar-refractivity contribution in [1.82, 2.24) is 14.5 Å². The van der Waals surface area contributed by atoms with Crippen molar-refractivity contribution in [2.75, 3.05) is 41.0 Å². The second kappa shape index (κ2) is 15.8. The summed E-state index contributed by atoms with van der Waals surface area (Å²) in [4.78, 5) is 15.2. The number of benzene rings is 3. The minimum Gasteiger partial charge on any atom is -0.497 e. The van der Waals surface area contributed by atoms with E-state index >= 15 is 0 Å². The summed E-state index contributed by atoms with van der Waals surface area (Å²) in [5.41, 5.74) is 3.38. The maximum atomic E-state index is 13.7. The molecule has 46 heavy (non-hydrogen) atoms. The van der Waals surface area contributed by atoms with Crippen molar-refractivity contribution in [2.45, 2.75) is 62.0 Å². The van der Waals surface area contributed by atoms with Crippen LogP contribution < -0.4 is 10.1 Å². The van der Waals surface area contributed by atoms with Crippen LogP contribution in [0.1, 0.15) is 54.8 Å². The molecule has 248 valence electrons. The molecule has 1 aliphatic heterocycles. The van der Waals surface area contributed by atoms with Crippen LogP contribution in [0.3, 0.4) is 0 Å². The lowest BCUT2D eigenvalue weighted by Gasteiger charge is -2.37. The van der Waals surface area contributed by atoms with Gasteiger partial charge in [-0.25, -0.2) is 8.42 Å². The highest BCUT2D eigenvalue weighted by Crippen LogP contribution is 2.40. The van der Waals surface area contributed by atoms with Gasteiger partial charge in [-0.05, 0) is 105 Å². The first kappa shape index (κ1) is 34.4. The molecular weight excluding hydrogens is 622 g/mol. The fourth-order valence-electron chi connectivity index (χ4n) is 7.07. The first-order valence-electron chi connectivity index (χ1n) is 16.1. The number of hydrogen-bond donors (Lipinski definition) is 1. The molecule has 0 bridgehead atoms. The van der Waals surface area contributed by atoms with Gasteiger partial charge in [-0.2, -0.15) is 4.31 Å². The van der Waals surface area contributed by atoms with Gasteiger partial charge in [-0.15, -0.1) is 0 Å². The fraction of sp³-hybridized carbons (Fsp3) is 0.472. The van der Waals surface area contributed by atoms with E-state index in [1.54, 1.807) is 31.4 Å². The molecule has 0 radical (unpaired) electrons. The Morgan fingerprint density at radius 3 is 2.30 bits per heavy atom.